The number of pyridine rings is 1. The van der Waals surface area contributed by atoms with Crippen LogP contribution in [0.5, 0.6) is 17.2 Å². The Labute approximate surface area is 197 Å². The molecular weight excluding hydrogens is 444 g/mol. The van der Waals surface area contributed by atoms with Crippen molar-refractivity contribution in [1.29, 1.82) is 0 Å². The second-order valence-electron chi connectivity index (χ2n) is 8.51. The number of carbonyl (C=O) groups excluding carboxylic acids is 1. The summed E-state index contributed by atoms with van der Waals surface area (Å²) in [7, 11) is 1.37. The first-order valence-electron chi connectivity index (χ1n) is 10.2. The fourth-order valence-electron chi connectivity index (χ4n) is 3.15. The maximum absolute atomic E-state index is 13.1. The number of carbonyl (C=O) groups is 2. The van der Waals surface area contributed by atoms with Crippen LogP contribution in [0.25, 0.3) is 0 Å². The molecule has 3 rings (SSSR count). The van der Waals surface area contributed by atoms with Gasteiger partial charge >= 0.3 is 5.97 Å². The number of aromatic nitrogens is 1. The molecule has 0 unspecified atom stereocenters. The third-order valence-corrected chi connectivity index (χ3v) is 5.22. The molecule has 0 aliphatic rings. The van der Waals surface area contributed by atoms with Gasteiger partial charge in [0.1, 0.15) is 22.2 Å². The first-order chi connectivity index (χ1) is 15.5. The van der Waals surface area contributed by atoms with Crippen molar-refractivity contribution in [1.82, 2.24) is 4.98 Å². The van der Waals surface area contributed by atoms with Gasteiger partial charge in [0.25, 0.3) is 5.91 Å². The van der Waals surface area contributed by atoms with Crippen molar-refractivity contribution >= 4 is 29.2 Å². The zero-order chi connectivity index (χ0) is 24.3. The van der Waals surface area contributed by atoms with Crippen LogP contribution in [-0.2, 0) is 5.41 Å². The van der Waals surface area contributed by atoms with Gasteiger partial charge in [-0.1, -0.05) is 38.4 Å². The molecule has 2 N–H and O–H groups in total. The molecule has 33 heavy (non-hydrogen) atoms. The van der Waals surface area contributed by atoms with Crippen LogP contribution in [0, 0.1) is 6.92 Å². The Hall–Kier alpha value is -3.58. The van der Waals surface area contributed by atoms with Crippen molar-refractivity contribution in [3.05, 3.63) is 76.1 Å². The fraction of sp³-hybridized carbons (Fsp3) is 0.240. The molecule has 1 aromatic heterocycles. The maximum atomic E-state index is 13.1. The number of aromatic carboxylic acids is 1. The van der Waals surface area contributed by atoms with Crippen molar-refractivity contribution < 1.29 is 24.2 Å². The molecule has 0 radical (unpaired) electrons. The van der Waals surface area contributed by atoms with Crippen LogP contribution in [0.4, 0.5) is 5.69 Å². The van der Waals surface area contributed by atoms with E-state index >= 15 is 0 Å². The van der Waals surface area contributed by atoms with Gasteiger partial charge in [0.2, 0.25) is 0 Å². The summed E-state index contributed by atoms with van der Waals surface area (Å²) in [4.78, 5) is 28.8. The maximum Gasteiger partial charge on any atom is 0.339 e. The molecule has 0 spiro atoms. The van der Waals surface area contributed by atoms with Gasteiger partial charge in [-0.2, -0.15) is 0 Å². The zero-order valence-electron chi connectivity index (χ0n) is 19.0. The van der Waals surface area contributed by atoms with E-state index in [1.54, 1.807) is 42.5 Å². The van der Waals surface area contributed by atoms with Gasteiger partial charge in [-0.25, -0.2) is 9.78 Å². The van der Waals surface area contributed by atoms with E-state index in [0.717, 1.165) is 11.1 Å². The van der Waals surface area contributed by atoms with Gasteiger partial charge in [0.05, 0.1) is 12.8 Å². The van der Waals surface area contributed by atoms with E-state index in [1.807, 2.05) is 27.7 Å². The van der Waals surface area contributed by atoms with Crippen molar-refractivity contribution in [2.24, 2.45) is 0 Å². The smallest absolute Gasteiger partial charge is 0.339 e. The number of nitrogens with zero attached hydrogens (tertiary/aromatic N) is 1. The minimum atomic E-state index is -1.14. The van der Waals surface area contributed by atoms with Gasteiger partial charge in [-0.3, -0.25) is 4.79 Å². The molecule has 1 amide bonds. The van der Waals surface area contributed by atoms with E-state index in [0.29, 0.717) is 22.2 Å². The lowest BCUT2D eigenvalue weighted by molar-refractivity contribution is 0.0692. The highest BCUT2D eigenvalue weighted by Gasteiger charge is 2.24. The SMILES string of the molecule is COc1c(NC(=O)c2ccc(C)c(Oc3ccnc(Cl)c3)c2)cc(C(C)(C)C)cc1C(=O)O. The number of rotatable bonds is 6. The lowest BCUT2D eigenvalue weighted by Gasteiger charge is -2.23. The van der Waals surface area contributed by atoms with Crippen molar-refractivity contribution in [2.45, 2.75) is 33.1 Å². The molecule has 1 heterocycles. The molecule has 172 valence electrons. The Kier molecular flexibility index (Phi) is 6.93. The molecule has 0 bridgehead atoms. The molecule has 2 aromatic carbocycles. The largest absolute Gasteiger partial charge is 0.494 e. The first kappa shape index (κ1) is 24.1. The number of hydrogen-bond donors (Lipinski definition) is 2. The zero-order valence-corrected chi connectivity index (χ0v) is 19.8. The quantitative estimate of drug-likeness (QED) is 0.424. The number of halogens is 1. The van der Waals surface area contributed by atoms with Crippen LogP contribution in [0.2, 0.25) is 5.15 Å². The highest BCUT2D eigenvalue weighted by molar-refractivity contribution is 6.29. The average molecular weight is 469 g/mol. The van der Waals surface area contributed by atoms with Gasteiger partial charge in [-0.05, 0) is 53.8 Å². The Morgan fingerprint density at radius 3 is 2.42 bits per heavy atom. The number of amides is 1. The number of carboxylic acid groups (broad SMARTS) is 1. The molecule has 0 saturated carbocycles. The third kappa shape index (κ3) is 5.62. The Bertz CT molecular complexity index is 1220. The molecular formula is C25H25ClN2O5. The van der Waals surface area contributed by atoms with Crippen LogP contribution in [0.3, 0.4) is 0 Å². The summed E-state index contributed by atoms with van der Waals surface area (Å²) in [5.41, 5.74) is 1.81. The topological polar surface area (TPSA) is 97.8 Å². The van der Waals surface area contributed by atoms with Crippen LogP contribution in [-0.4, -0.2) is 29.1 Å². The molecule has 0 atom stereocenters. The number of ether oxygens (including phenoxy) is 2. The summed E-state index contributed by atoms with van der Waals surface area (Å²) in [6, 6.07) is 11.6. The molecule has 0 aliphatic carbocycles. The molecule has 0 aliphatic heterocycles. The average Bonchev–Trinajstić information content (AvgIpc) is 2.74. The minimum absolute atomic E-state index is 0.0253. The highest BCUT2D eigenvalue weighted by atomic mass is 35.5. The number of nitrogens with one attached hydrogen (secondary N) is 1. The number of aryl methyl sites for hydroxylation is 1. The van der Waals surface area contributed by atoms with Gasteiger partial charge in [0, 0.05) is 17.8 Å². The summed E-state index contributed by atoms with van der Waals surface area (Å²) < 4.78 is 11.2. The summed E-state index contributed by atoms with van der Waals surface area (Å²) in [6.45, 7) is 7.73. The van der Waals surface area contributed by atoms with E-state index in [9.17, 15) is 14.7 Å². The summed E-state index contributed by atoms with van der Waals surface area (Å²) in [5, 5.41) is 12.7. The monoisotopic (exact) mass is 468 g/mol. The van der Waals surface area contributed by atoms with E-state index < -0.39 is 11.9 Å². The third-order valence-electron chi connectivity index (χ3n) is 5.01. The van der Waals surface area contributed by atoms with Crippen LogP contribution in [0.15, 0.2) is 48.7 Å². The molecule has 0 fully saturated rings. The number of carboxylic acids is 1. The van der Waals surface area contributed by atoms with Gasteiger partial charge < -0.3 is 19.9 Å². The van der Waals surface area contributed by atoms with E-state index in [-0.39, 0.29) is 22.4 Å². The molecule has 8 heteroatoms. The highest BCUT2D eigenvalue weighted by Crippen LogP contribution is 2.36. The second-order valence-corrected chi connectivity index (χ2v) is 8.90. The summed E-state index contributed by atoms with van der Waals surface area (Å²) >= 11 is 5.92. The molecule has 0 saturated heterocycles. The Balaban J connectivity index is 1.97. The Morgan fingerprint density at radius 1 is 1.09 bits per heavy atom. The van der Waals surface area contributed by atoms with Gasteiger partial charge in [-0.15, -0.1) is 0 Å². The number of methoxy groups -OCH3 is 1. The number of anilines is 1. The van der Waals surface area contributed by atoms with E-state index in [1.165, 1.54) is 13.3 Å². The number of benzene rings is 2. The van der Waals surface area contributed by atoms with E-state index in [2.05, 4.69) is 10.3 Å². The lowest BCUT2D eigenvalue weighted by Crippen LogP contribution is -2.18. The first-order valence-corrected chi connectivity index (χ1v) is 10.5. The Morgan fingerprint density at radius 2 is 1.82 bits per heavy atom. The van der Waals surface area contributed by atoms with Crippen molar-refractivity contribution in [2.75, 3.05) is 12.4 Å². The van der Waals surface area contributed by atoms with E-state index in [4.69, 9.17) is 21.1 Å². The normalized spacial score (nSPS) is 11.1. The number of hydrogen-bond acceptors (Lipinski definition) is 5. The minimum Gasteiger partial charge on any atom is -0.494 e. The van der Waals surface area contributed by atoms with Gasteiger partial charge in [0.15, 0.2) is 5.75 Å². The summed E-state index contributed by atoms with van der Waals surface area (Å²) in [6.07, 6.45) is 1.53. The second kappa shape index (κ2) is 9.50. The van der Waals surface area contributed by atoms with Crippen LogP contribution >= 0.6 is 11.6 Å². The molecule has 3 aromatic rings. The van der Waals surface area contributed by atoms with Crippen molar-refractivity contribution in [3.8, 4) is 17.2 Å². The van der Waals surface area contributed by atoms with Crippen LogP contribution < -0.4 is 14.8 Å². The summed E-state index contributed by atoms with van der Waals surface area (Å²) in [5.74, 6) is -0.532. The fourth-order valence-corrected chi connectivity index (χ4v) is 3.32. The lowest BCUT2D eigenvalue weighted by atomic mass is 9.85. The predicted octanol–water partition coefficient (Wildman–Crippen LogP) is 6.09. The van der Waals surface area contributed by atoms with Crippen molar-refractivity contribution in [3.63, 3.8) is 0 Å². The predicted molar refractivity (Wildman–Crippen MR) is 127 cm³/mol. The standard InChI is InChI=1S/C25H25ClN2O5/c1-14-6-7-15(10-20(14)33-17-8-9-27-21(26)13-17)23(29)28-19-12-16(25(2,3)4)11-18(24(30)31)22(19)32-5/h6-13H,1-5H3,(H,28,29)(H,30,31). The molecule has 7 nitrogen and oxygen atoms in total. The van der Waals surface area contributed by atoms with Crippen LogP contribution in [0.1, 0.15) is 52.6 Å².